The number of sulfonamides is 1. The van der Waals surface area contributed by atoms with Crippen LogP contribution in [0.2, 0.25) is 10.2 Å². The van der Waals surface area contributed by atoms with Crippen LogP contribution in [0.15, 0.2) is 17.2 Å². The molecule has 1 rings (SSSR count). The molecule has 0 aliphatic rings. The van der Waals surface area contributed by atoms with Crippen LogP contribution in [0, 0.1) is 5.41 Å². The molecule has 0 fully saturated rings. The Balaban J connectivity index is 2.90. The lowest BCUT2D eigenvalue weighted by Gasteiger charge is -2.21. The minimum atomic E-state index is -3.71. The van der Waals surface area contributed by atoms with Gasteiger partial charge in [0.2, 0.25) is 10.0 Å². The molecule has 102 valence electrons. The number of aromatic nitrogens is 1. The zero-order chi connectivity index (χ0) is 14.0. The monoisotopic (exact) mass is 312 g/mol. The van der Waals surface area contributed by atoms with Gasteiger partial charge in [-0.15, -0.1) is 0 Å². The van der Waals surface area contributed by atoms with Gasteiger partial charge < -0.3 is 5.11 Å². The highest BCUT2D eigenvalue weighted by molar-refractivity contribution is 7.89. The lowest BCUT2D eigenvalue weighted by Crippen LogP contribution is -2.36. The van der Waals surface area contributed by atoms with Crippen molar-refractivity contribution >= 4 is 33.2 Å². The van der Waals surface area contributed by atoms with E-state index >= 15 is 0 Å². The normalized spacial score (nSPS) is 12.7. The van der Waals surface area contributed by atoms with E-state index in [4.69, 9.17) is 28.3 Å². The zero-order valence-corrected chi connectivity index (χ0v) is 12.3. The van der Waals surface area contributed by atoms with Crippen molar-refractivity contribution in [1.29, 1.82) is 0 Å². The highest BCUT2D eigenvalue weighted by Gasteiger charge is 2.22. The van der Waals surface area contributed by atoms with Gasteiger partial charge in [-0.25, -0.2) is 18.1 Å². The Kier molecular flexibility index (Phi) is 4.97. The first-order valence-electron chi connectivity index (χ1n) is 5.09. The highest BCUT2D eigenvalue weighted by atomic mass is 35.5. The molecule has 2 N–H and O–H groups in total. The number of halogens is 2. The van der Waals surface area contributed by atoms with Crippen molar-refractivity contribution < 1.29 is 13.5 Å². The van der Waals surface area contributed by atoms with Gasteiger partial charge in [-0.1, -0.05) is 37.0 Å². The van der Waals surface area contributed by atoms with Crippen LogP contribution in [0.1, 0.15) is 13.8 Å². The summed E-state index contributed by atoms with van der Waals surface area (Å²) < 4.78 is 26.2. The summed E-state index contributed by atoms with van der Waals surface area (Å²) in [5.74, 6) is 0. The standard InChI is InChI=1S/C10H14Cl2N2O3S/c1-10(2,6-15)5-14-18(16,17)7-3-8(11)9(12)13-4-7/h3-4,14-15H,5-6H2,1-2H3. The molecule has 1 heterocycles. The molecule has 1 aromatic heterocycles. The number of nitrogens with one attached hydrogen (secondary N) is 1. The second kappa shape index (κ2) is 5.71. The van der Waals surface area contributed by atoms with Crippen LogP contribution >= 0.6 is 23.2 Å². The quantitative estimate of drug-likeness (QED) is 0.811. The van der Waals surface area contributed by atoms with Gasteiger partial charge in [-0.2, -0.15) is 0 Å². The highest BCUT2D eigenvalue weighted by Crippen LogP contribution is 2.22. The number of pyridine rings is 1. The van der Waals surface area contributed by atoms with Crippen LogP contribution in [-0.2, 0) is 10.0 Å². The molecule has 0 radical (unpaired) electrons. The van der Waals surface area contributed by atoms with Crippen LogP contribution in [0.3, 0.4) is 0 Å². The van der Waals surface area contributed by atoms with E-state index in [0.29, 0.717) is 0 Å². The number of nitrogens with zero attached hydrogens (tertiary/aromatic N) is 1. The van der Waals surface area contributed by atoms with Gasteiger partial charge in [-0.05, 0) is 6.07 Å². The molecule has 0 saturated carbocycles. The lowest BCUT2D eigenvalue weighted by molar-refractivity contribution is 0.163. The van der Waals surface area contributed by atoms with Crippen molar-refractivity contribution in [2.45, 2.75) is 18.7 Å². The number of hydrogen-bond donors (Lipinski definition) is 2. The van der Waals surface area contributed by atoms with E-state index in [1.165, 1.54) is 6.07 Å². The largest absolute Gasteiger partial charge is 0.396 e. The van der Waals surface area contributed by atoms with Crippen molar-refractivity contribution in [2.24, 2.45) is 5.41 Å². The summed E-state index contributed by atoms with van der Waals surface area (Å²) >= 11 is 11.3. The minimum Gasteiger partial charge on any atom is -0.396 e. The topological polar surface area (TPSA) is 79.3 Å². The molecule has 5 nitrogen and oxygen atoms in total. The van der Waals surface area contributed by atoms with Crippen LogP contribution in [-0.4, -0.2) is 31.7 Å². The molecule has 0 aliphatic carbocycles. The second-order valence-corrected chi connectivity index (χ2v) is 7.12. The number of rotatable bonds is 5. The summed E-state index contributed by atoms with van der Waals surface area (Å²) in [6.07, 6.45) is 1.13. The maximum absolute atomic E-state index is 11.9. The van der Waals surface area contributed by atoms with E-state index in [1.54, 1.807) is 13.8 Å². The molecule has 1 aromatic rings. The Hall–Kier alpha value is -0.400. The smallest absolute Gasteiger partial charge is 0.242 e. The maximum Gasteiger partial charge on any atom is 0.242 e. The van der Waals surface area contributed by atoms with Crippen LogP contribution in [0.4, 0.5) is 0 Å². The third-order valence-corrected chi connectivity index (χ3v) is 4.30. The Morgan fingerprint density at radius 2 is 2.06 bits per heavy atom. The minimum absolute atomic E-state index is 0.0475. The van der Waals surface area contributed by atoms with Crippen molar-refractivity contribution in [3.8, 4) is 0 Å². The molecule has 0 amide bonds. The van der Waals surface area contributed by atoms with Gasteiger partial charge in [0.25, 0.3) is 0 Å². The molecule has 0 unspecified atom stereocenters. The number of aliphatic hydroxyl groups excluding tert-OH is 1. The van der Waals surface area contributed by atoms with Crippen LogP contribution < -0.4 is 4.72 Å². The molecule has 18 heavy (non-hydrogen) atoms. The predicted octanol–water partition coefficient (Wildman–Crippen LogP) is 1.69. The first-order valence-corrected chi connectivity index (χ1v) is 7.33. The second-order valence-electron chi connectivity index (χ2n) is 4.59. The van der Waals surface area contributed by atoms with Gasteiger partial charge in [0.1, 0.15) is 10.0 Å². The zero-order valence-electron chi connectivity index (χ0n) is 9.94. The van der Waals surface area contributed by atoms with E-state index in [9.17, 15) is 8.42 Å². The van der Waals surface area contributed by atoms with Gasteiger partial charge in [0, 0.05) is 24.8 Å². The molecule has 0 atom stereocenters. The maximum atomic E-state index is 11.9. The first-order chi connectivity index (χ1) is 8.18. The van der Waals surface area contributed by atoms with Crippen molar-refractivity contribution in [3.05, 3.63) is 22.4 Å². The fourth-order valence-corrected chi connectivity index (χ4v) is 2.53. The lowest BCUT2D eigenvalue weighted by atomic mass is 9.96. The summed E-state index contributed by atoms with van der Waals surface area (Å²) in [4.78, 5) is 3.61. The average Bonchev–Trinajstić information content (AvgIpc) is 2.30. The Morgan fingerprint density at radius 1 is 1.44 bits per heavy atom. The van der Waals surface area contributed by atoms with Gasteiger partial charge in [0.05, 0.1) is 5.02 Å². The molecule has 0 aliphatic heterocycles. The SMILES string of the molecule is CC(C)(CO)CNS(=O)(=O)c1cnc(Cl)c(Cl)c1. The summed E-state index contributed by atoms with van der Waals surface area (Å²) in [5.41, 5.74) is -0.545. The third kappa shape index (κ3) is 4.07. The molecule has 0 spiro atoms. The molecular weight excluding hydrogens is 299 g/mol. The van der Waals surface area contributed by atoms with E-state index in [1.807, 2.05) is 0 Å². The summed E-state index contributed by atoms with van der Waals surface area (Å²) in [5, 5.41) is 9.17. The van der Waals surface area contributed by atoms with E-state index < -0.39 is 15.4 Å². The van der Waals surface area contributed by atoms with Gasteiger partial charge in [-0.3, -0.25) is 0 Å². The Labute approximate surface area is 116 Å². The summed E-state index contributed by atoms with van der Waals surface area (Å²) in [6.45, 7) is 3.45. The number of hydrogen-bond acceptors (Lipinski definition) is 4. The summed E-state index contributed by atoms with van der Waals surface area (Å²) in [6, 6.07) is 1.23. The molecule has 8 heteroatoms. The Bertz CT molecular complexity index is 532. The van der Waals surface area contributed by atoms with Gasteiger partial charge in [0.15, 0.2) is 0 Å². The van der Waals surface area contributed by atoms with E-state index in [0.717, 1.165) is 6.20 Å². The summed E-state index contributed by atoms with van der Waals surface area (Å²) in [7, 11) is -3.71. The average molecular weight is 313 g/mol. The van der Waals surface area contributed by atoms with E-state index in [-0.39, 0.29) is 28.2 Å². The van der Waals surface area contributed by atoms with Crippen LogP contribution in [0.5, 0.6) is 0 Å². The van der Waals surface area contributed by atoms with Crippen LogP contribution in [0.25, 0.3) is 0 Å². The molecule has 0 saturated heterocycles. The van der Waals surface area contributed by atoms with Crippen molar-refractivity contribution in [3.63, 3.8) is 0 Å². The fourth-order valence-electron chi connectivity index (χ4n) is 0.980. The first kappa shape index (κ1) is 15.7. The Morgan fingerprint density at radius 3 is 2.56 bits per heavy atom. The fraction of sp³-hybridized carbons (Fsp3) is 0.500. The number of aliphatic hydroxyl groups is 1. The predicted molar refractivity (Wildman–Crippen MR) is 70.3 cm³/mol. The molecule has 0 bridgehead atoms. The van der Waals surface area contributed by atoms with Crippen molar-refractivity contribution in [2.75, 3.05) is 13.2 Å². The molecule has 0 aromatic carbocycles. The van der Waals surface area contributed by atoms with E-state index in [2.05, 4.69) is 9.71 Å². The third-order valence-electron chi connectivity index (χ3n) is 2.25. The van der Waals surface area contributed by atoms with Gasteiger partial charge >= 0.3 is 0 Å². The molecular formula is C10H14Cl2N2O3S. The van der Waals surface area contributed by atoms with Crippen molar-refractivity contribution in [1.82, 2.24) is 9.71 Å².